The van der Waals surface area contributed by atoms with Gasteiger partial charge < -0.3 is 30.2 Å². The number of nitrogens with one attached hydrogen (secondary N) is 3. The van der Waals surface area contributed by atoms with Gasteiger partial charge in [0.2, 0.25) is 28.8 Å². The predicted molar refractivity (Wildman–Crippen MR) is 182 cm³/mol. The lowest BCUT2D eigenvalue weighted by atomic mass is 9.95. The molecular weight excluding hydrogens is 614 g/mol. The first-order chi connectivity index (χ1) is 23.1. The standard InChI is InChI=1S/C35H41N7O6/c1-8-19(2)31(35(45)37-23-11-9-10-22(16-23)34-39-41-42(4)40-34)38-27-15-13-24-25(18-28(27)44)26(36-20(3)43)14-12-21-17-29(46-5)32(47-6)33(48-7)30(21)24/h9-11,13,15-19,26,31H,8,12,14H2,1-7H3,(H,36,43)(H,37,45)(H,38,44). The minimum absolute atomic E-state index is 0.137. The fourth-order valence-corrected chi connectivity index (χ4v) is 6.05. The number of anilines is 2. The first-order valence-corrected chi connectivity index (χ1v) is 15.8. The van der Waals surface area contributed by atoms with Crippen LogP contribution in [0, 0.1) is 5.92 Å². The molecule has 13 heteroatoms. The van der Waals surface area contributed by atoms with Crippen molar-refractivity contribution in [3.8, 4) is 39.8 Å². The summed E-state index contributed by atoms with van der Waals surface area (Å²) in [5.74, 6) is 1.17. The highest BCUT2D eigenvalue weighted by Gasteiger charge is 2.30. The summed E-state index contributed by atoms with van der Waals surface area (Å²) in [6, 6.07) is 12.9. The lowest BCUT2D eigenvalue weighted by Crippen LogP contribution is -2.40. The van der Waals surface area contributed by atoms with Gasteiger partial charge in [-0.05, 0) is 71.0 Å². The maximum Gasteiger partial charge on any atom is 0.247 e. The molecule has 3 atom stereocenters. The average molecular weight is 656 g/mol. The maximum absolute atomic E-state index is 14.0. The Morgan fingerprint density at radius 3 is 2.46 bits per heavy atom. The second-order valence-electron chi connectivity index (χ2n) is 11.8. The Kier molecular flexibility index (Phi) is 10.3. The summed E-state index contributed by atoms with van der Waals surface area (Å²) in [4.78, 5) is 41.4. The zero-order chi connectivity index (χ0) is 34.5. The maximum atomic E-state index is 14.0. The number of carbonyl (C=O) groups is 2. The van der Waals surface area contributed by atoms with Crippen molar-refractivity contribution in [1.82, 2.24) is 25.5 Å². The van der Waals surface area contributed by atoms with Crippen LogP contribution in [0.4, 0.5) is 11.4 Å². The molecule has 252 valence electrons. The second-order valence-corrected chi connectivity index (χ2v) is 11.8. The third-order valence-corrected chi connectivity index (χ3v) is 8.62. The van der Waals surface area contributed by atoms with E-state index in [4.69, 9.17) is 14.2 Å². The van der Waals surface area contributed by atoms with E-state index in [1.165, 1.54) is 24.9 Å². The van der Waals surface area contributed by atoms with Crippen molar-refractivity contribution in [3.05, 3.63) is 69.9 Å². The molecule has 0 fully saturated rings. The summed E-state index contributed by atoms with van der Waals surface area (Å²) in [6.07, 6.45) is 1.79. The van der Waals surface area contributed by atoms with E-state index in [2.05, 4.69) is 31.4 Å². The molecule has 5 rings (SSSR count). The molecule has 4 aromatic rings. The highest BCUT2D eigenvalue weighted by atomic mass is 16.5. The Balaban J connectivity index is 1.56. The van der Waals surface area contributed by atoms with Crippen molar-refractivity contribution >= 4 is 23.2 Å². The molecule has 1 aliphatic carbocycles. The monoisotopic (exact) mass is 655 g/mol. The predicted octanol–water partition coefficient (Wildman–Crippen LogP) is 4.52. The number of ether oxygens (including phenoxy) is 3. The fourth-order valence-electron chi connectivity index (χ4n) is 6.05. The number of rotatable bonds is 11. The van der Waals surface area contributed by atoms with Gasteiger partial charge in [-0.25, -0.2) is 0 Å². The van der Waals surface area contributed by atoms with Gasteiger partial charge in [0.15, 0.2) is 11.5 Å². The van der Waals surface area contributed by atoms with Crippen LogP contribution in [-0.4, -0.2) is 59.4 Å². The molecule has 13 nitrogen and oxygen atoms in total. The Hall–Kier alpha value is -5.46. The third kappa shape index (κ3) is 6.94. The fraction of sp³-hybridized carbons (Fsp3) is 0.371. The first kappa shape index (κ1) is 33.9. The highest BCUT2D eigenvalue weighted by molar-refractivity contribution is 5.97. The number of carbonyl (C=O) groups excluding carboxylic acids is 2. The van der Waals surface area contributed by atoms with E-state index in [9.17, 15) is 14.4 Å². The van der Waals surface area contributed by atoms with Crippen LogP contribution in [0.2, 0.25) is 0 Å². The average Bonchev–Trinajstić information content (AvgIpc) is 3.38. The summed E-state index contributed by atoms with van der Waals surface area (Å²) in [6.45, 7) is 5.39. The van der Waals surface area contributed by atoms with Gasteiger partial charge in [0, 0.05) is 23.7 Å². The molecule has 0 saturated heterocycles. The van der Waals surface area contributed by atoms with Gasteiger partial charge in [0.05, 0.1) is 40.1 Å². The van der Waals surface area contributed by atoms with Crippen LogP contribution in [0.3, 0.4) is 0 Å². The third-order valence-electron chi connectivity index (χ3n) is 8.62. The van der Waals surface area contributed by atoms with Gasteiger partial charge in [0.25, 0.3) is 0 Å². The number of tetrazole rings is 1. The molecule has 1 aromatic heterocycles. The molecule has 0 spiro atoms. The molecule has 0 radical (unpaired) electrons. The van der Waals surface area contributed by atoms with E-state index in [1.54, 1.807) is 45.5 Å². The molecule has 1 aliphatic rings. The van der Waals surface area contributed by atoms with Crippen LogP contribution in [-0.2, 0) is 23.1 Å². The van der Waals surface area contributed by atoms with Gasteiger partial charge in [-0.3, -0.25) is 14.4 Å². The summed E-state index contributed by atoms with van der Waals surface area (Å²) in [7, 11) is 6.33. The highest BCUT2D eigenvalue weighted by Crippen LogP contribution is 2.50. The molecule has 3 N–H and O–H groups in total. The number of methoxy groups -OCH3 is 3. The van der Waals surface area contributed by atoms with E-state index in [1.807, 2.05) is 32.0 Å². The van der Waals surface area contributed by atoms with Gasteiger partial charge in [-0.2, -0.15) is 4.80 Å². The SMILES string of the molecule is CCC(C)C(Nc1ccc2c(cc1=O)C(NC(C)=O)CCc1cc(OC)c(OC)c(OC)c1-2)C(=O)Nc1cccc(-c2nnn(C)n2)c1. The van der Waals surface area contributed by atoms with Crippen molar-refractivity contribution in [3.63, 3.8) is 0 Å². The summed E-state index contributed by atoms with van der Waals surface area (Å²) >= 11 is 0. The number of aryl methyl sites for hydroxylation is 2. The molecule has 3 aromatic carbocycles. The van der Waals surface area contributed by atoms with Crippen molar-refractivity contribution in [2.45, 2.75) is 52.1 Å². The van der Waals surface area contributed by atoms with Crippen LogP contribution in [0.1, 0.15) is 50.8 Å². The molecule has 0 bridgehead atoms. The minimum atomic E-state index is -0.750. The molecule has 1 heterocycles. The zero-order valence-corrected chi connectivity index (χ0v) is 28.2. The van der Waals surface area contributed by atoms with Gasteiger partial charge in [-0.15, -0.1) is 10.2 Å². The van der Waals surface area contributed by atoms with Crippen molar-refractivity contribution in [2.75, 3.05) is 32.0 Å². The Bertz CT molecular complexity index is 1890. The molecule has 0 saturated carbocycles. The van der Waals surface area contributed by atoms with Gasteiger partial charge >= 0.3 is 0 Å². The minimum Gasteiger partial charge on any atom is -0.493 e. The van der Waals surface area contributed by atoms with Crippen LogP contribution < -0.4 is 35.6 Å². The number of hydrogen-bond acceptors (Lipinski definition) is 10. The van der Waals surface area contributed by atoms with Gasteiger partial charge in [0.1, 0.15) is 6.04 Å². The number of hydrogen-bond donors (Lipinski definition) is 3. The molecular formula is C35H41N7O6. The lowest BCUT2D eigenvalue weighted by molar-refractivity contribution is -0.120. The Labute approximate surface area is 279 Å². The number of nitrogens with zero attached hydrogens (tertiary/aromatic N) is 4. The molecule has 3 unspecified atom stereocenters. The number of fused-ring (bicyclic) bond motifs is 3. The zero-order valence-electron chi connectivity index (χ0n) is 28.2. The molecule has 0 aliphatic heterocycles. The van der Waals surface area contributed by atoms with Gasteiger partial charge in [-0.1, -0.05) is 38.5 Å². The number of benzene rings is 2. The number of amides is 2. The first-order valence-electron chi connectivity index (χ1n) is 15.8. The van der Waals surface area contributed by atoms with E-state index in [-0.39, 0.29) is 28.8 Å². The second kappa shape index (κ2) is 14.5. The van der Waals surface area contributed by atoms with Crippen LogP contribution in [0.15, 0.2) is 53.3 Å². The molecule has 2 amide bonds. The summed E-state index contributed by atoms with van der Waals surface area (Å²) in [5, 5.41) is 21.4. The van der Waals surface area contributed by atoms with Crippen molar-refractivity contribution in [1.29, 1.82) is 0 Å². The topological polar surface area (TPSA) is 159 Å². The van der Waals surface area contributed by atoms with Crippen molar-refractivity contribution < 1.29 is 23.8 Å². The lowest BCUT2D eigenvalue weighted by Gasteiger charge is -2.24. The molecule has 48 heavy (non-hydrogen) atoms. The van der Waals surface area contributed by atoms with Crippen LogP contribution in [0.5, 0.6) is 17.2 Å². The summed E-state index contributed by atoms with van der Waals surface area (Å²) in [5.41, 5.74) is 4.16. The summed E-state index contributed by atoms with van der Waals surface area (Å²) < 4.78 is 17.2. The number of aromatic nitrogens is 4. The largest absolute Gasteiger partial charge is 0.493 e. The van der Waals surface area contributed by atoms with Crippen LogP contribution >= 0.6 is 0 Å². The van der Waals surface area contributed by atoms with Crippen LogP contribution in [0.25, 0.3) is 22.5 Å². The quantitative estimate of drug-likeness (QED) is 0.210. The van der Waals surface area contributed by atoms with E-state index >= 15 is 0 Å². The Morgan fingerprint density at radius 2 is 1.81 bits per heavy atom. The van der Waals surface area contributed by atoms with E-state index in [0.29, 0.717) is 64.7 Å². The normalized spacial score (nSPS) is 14.8. The van der Waals surface area contributed by atoms with Crippen molar-refractivity contribution in [2.24, 2.45) is 13.0 Å². The Morgan fingerprint density at radius 1 is 1.04 bits per heavy atom. The van der Waals surface area contributed by atoms with E-state index < -0.39 is 12.1 Å². The van der Waals surface area contributed by atoms with E-state index in [0.717, 1.165) is 11.1 Å². The smallest absolute Gasteiger partial charge is 0.247 e.